The van der Waals surface area contributed by atoms with Crippen LogP contribution in [0, 0.1) is 23.7 Å². The molecule has 5 aromatic rings. The number of nitrogens with zero attached hydrogens (tertiary/aromatic N) is 1. The second-order valence-corrected chi connectivity index (χ2v) is 22.9. The van der Waals surface area contributed by atoms with Crippen LogP contribution in [-0.2, 0) is 10.2 Å². The van der Waals surface area contributed by atoms with Crippen LogP contribution in [0.1, 0.15) is 92.5 Å². The monoisotopic (exact) mass is 905 g/mol. The smallest absolute Gasteiger partial charge is 0.119 e. The Morgan fingerprint density at radius 1 is 0.716 bits per heavy atom. The summed E-state index contributed by atoms with van der Waals surface area (Å²) in [4.78, 5) is 4.12. The van der Waals surface area contributed by atoms with Crippen molar-refractivity contribution in [2.24, 2.45) is 23.7 Å². The van der Waals surface area contributed by atoms with E-state index in [1.54, 1.807) is 5.56 Å². The van der Waals surface area contributed by atoms with Gasteiger partial charge >= 0.3 is 0 Å². The molecule has 0 N–H and O–H groups in total. The first-order chi connectivity index (χ1) is 33.0. The zero-order valence-electron chi connectivity index (χ0n) is 38.3. The predicted molar refractivity (Wildman–Crippen MR) is 284 cm³/mol. The van der Waals surface area contributed by atoms with Crippen LogP contribution < -0.4 is 4.90 Å². The third-order valence-electron chi connectivity index (χ3n) is 16.9. The number of allylic oxidation sites excluding steroid dienone is 19. The van der Waals surface area contributed by atoms with Crippen LogP contribution in [0.15, 0.2) is 198 Å². The van der Waals surface area contributed by atoms with Gasteiger partial charge in [-0.2, -0.15) is 0 Å². The molecule has 2 nitrogen and oxygen atoms in total. The topological polar surface area (TPSA) is 12.5 Å². The van der Waals surface area contributed by atoms with Crippen molar-refractivity contribution in [1.29, 1.82) is 0 Å². The summed E-state index contributed by atoms with van der Waals surface area (Å²) >= 11 is 4.11. The molecule has 0 saturated carbocycles. The lowest BCUT2D eigenvalue weighted by molar-refractivity contribution is 0.294. The Bertz CT molecular complexity index is 3290. The Hall–Kier alpha value is -5.81. The molecule has 0 radical (unpaired) electrons. The van der Waals surface area contributed by atoms with Crippen LogP contribution in [0.4, 0.5) is 5.69 Å². The minimum Gasteiger partial charge on any atom is -0.464 e. The van der Waals surface area contributed by atoms with E-state index in [4.69, 9.17) is 4.74 Å². The molecule has 7 atom stereocenters. The van der Waals surface area contributed by atoms with Crippen molar-refractivity contribution < 1.29 is 4.74 Å². The number of hydrogen-bond donors (Lipinski definition) is 0. The zero-order chi connectivity index (χ0) is 44.4. The molecule has 2 aliphatic heterocycles. The average Bonchev–Trinajstić information content (AvgIpc) is 4.13. The fourth-order valence-corrected chi connectivity index (χ4v) is 16.5. The summed E-state index contributed by atoms with van der Waals surface area (Å²) in [5.41, 5.74) is 15.5. The maximum Gasteiger partial charge on any atom is 0.119 e. The van der Waals surface area contributed by atoms with Crippen molar-refractivity contribution in [2.75, 3.05) is 4.90 Å². The summed E-state index contributed by atoms with van der Waals surface area (Å²) < 4.78 is 9.58. The van der Waals surface area contributed by atoms with Gasteiger partial charge in [0.15, 0.2) is 0 Å². The van der Waals surface area contributed by atoms with E-state index in [1.165, 1.54) is 93.2 Å². The number of anilines is 1. The maximum absolute atomic E-state index is 6.66. The molecule has 0 bridgehead atoms. The first-order valence-electron chi connectivity index (χ1n) is 24.9. The Kier molecular flexibility index (Phi) is 9.39. The van der Waals surface area contributed by atoms with Crippen LogP contribution in [0.25, 0.3) is 36.9 Å². The van der Waals surface area contributed by atoms with E-state index in [-0.39, 0.29) is 11.5 Å². The van der Waals surface area contributed by atoms with E-state index in [0.29, 0.717) is 34.8 Å². The summed E-state index contributed by atoms with van der Waals surface area (Å²) in [5, 5.41) is 3.30. The van der Waals surface area contributed by atoms with E-state index in [1.807, 2.05) is 11.3 Å². The van der Waals surface area contributed by atoms with E-state index in [9.17, 15) is 0 Å². The largest absolute Gasteiger partial charge is 0.464 e. The minimum absolute atomic E-state index is 0.116. The lowest BCUT2D eigenvalue weighted by atomic mass is 9.74. The Labute approximate surface area is 403 Å². The SMILES string of the molecule is CC1(C)c2ccc3c(sc4c(C5=CC=C(N(c6ccc(C7=C8OC9=C(C=CCC9)C8CC=C7)cc6)C6C=CC(C7C=CC=C8c9ccccc9SC87)CC6)CC5)cccc43)c2C2C=CC=CC21. The average molecular weight is 906 g/mol. The van der Waals surface area contributed by atoms with Gasteiger partial charge in [-0.25, -0.2) is 0 Å². The fraction of sp³-hybridized carbons (Fsp3) is 0.270. The molecule has 1 aromatic heterocycles. The highest BCUT2D eigenvalue weighted by atomic mass is 32.2. The first kappa shape index (κ1) is 40.3. The molecule has 4 aromatic carbocycles. The van der Waals surface area contributed by atoms with Gasteiger partial charge in [-0.3, -0.25) is 0 Å². The lowest BCUT2D eigenvalue weighted by Crippen LogP contribution is -2.37. The molecule has 7 unspecified atom stereocenters. The molecule has 7 aliphatic carbocycles. The first-order valence-corrected chi connectivity index (χ1v) is 26.6. The number of ether oxygens (including phenoxy) is 1. The van der Waals surface area contributed by atoms with Gasteiger partial charge in [0, 0.05) is 71.1 Å². The van der Waals surface area contributed by atoms with Gasteiger partial charge in [0.1, 0.15) is 11.5 Å². The third-order valence-corrected chi connectivity index (χ3v) is 19.6. The summed E-state index contributed by atoms with van der Waals surface area (Å²) in [6.07, 6.45) is 43.4. The molecule has 0 spiro atoms. The van der Waals surface area contributed by atoms with Gasteiger partial charge in [0.25, 0.3) is 0 Å². The summed E-state index contributed by atoms with van der Waals surface area (Å²) in [6, 6.07) is 30.7. The fourth-order valence-electron chi connectivity index (χ4n) is 13.5. The molecule has 330 valence electrons. The highest BCUT2D eigenvalue weighted by Gasteiger charge is 2.46. The molecule has 0 saturated heterocycles. The van der Waals surface area contributed by atoms with Crippen LogP contribution in [-0.4, -0.2) is 11.3 Å². The second kappa shape index (κ2) is 15.6. The molecule has 0 amide bonds. The number of fused-ring (bicyclic) bond motifs is 12. The quantitative estimate of drug-likeness (QED) is 0.158. The Balaban J connectivity index is 0.808. The maximum atomic E-state index is 6.66. The standard InChI is InChI=1S/C63H55NOS2/c1-63(2)54-21-6-3-14-53(54)58-55(63)37-36-52-51-20-11-17-46(61(51)67-62(52)58)40-28-34-43(35-29-40)64(41-30-24-38(25-31-41)44-15-9-18-49-47-12-4-7-22-56(47)65-59(44)49)42-32-26-39(27-33-42)45-16-10-19-50-48-13-5-8-23-57(48)66-60(45)50/h3-6,8-17,19-21,23-26,28,30-32,34,36-37,39,42,45,49,53-54,60H,7,18,22,27,29,33,35H2,1-2H3. The normalized spacial score (nSPS) is 28.1. The molecule has 0 fully saturated rings. The van der Waals surface area contributed by atoms with Gasteiger partial charge in [-0.05, 0) is 125 Å². The van der Waals surface area contributed by atoms with E-state index >= 15 is 0 Å². The van der Waals surface area contributed by atoms with E-state index in [0.717, 1.165) is 44.3 Å². The van der Waals surface area contributed by atoms with Crippen molar-refractivity contribution in [3.8, 4) is 0 Å². The molecule has 4 heteroatoms. The Morgan fingerprint density at radius 3 is 2.48 bits per heavy atom. The highest BCUT2D eigenvalue weighted by molar-refractivity contribution is 8.00. The molecule has 67 heavy (non-hydrogen) atoms. The second-order valence-electron chi connectivity index (χ2n) is 20.7. The number of rotatable bonds is 6. The zero-order valence-corrected chi connectivity index (χ0v) is 40.0. The minimum atomic E-state index is 0.116. The van der Waals surface area contributed by atoms with Gasteiger partial charge in [-0.1, -0.05) is 160 Å². The molecule has 9 aliphatic rings. The number of benzene rings is 4. The number of thiophene rings is 1. The third kappa shape index (κ3) is 6.28. The van der Waals surface area contributed by atoms with Crippen molar-refractivity contribution >= 4 is 65.7 Å². The van der Waals surface area contributed by atoms with E-state index < -0.39 is 0 Å². The van der Waals surface area contributed by atoms with Crippen molar-refractivity contribution in [3.05, 3.63) is 221 Å². The van der Waals surface area contributed by atoms with Crippen LogP contribution >= 0.6 is 23.1 Å². The molecular formula is C63H55NOS2. The van der Waals surface area contributed by atoms with Gasteiger partial charge in [-0.15, -0.1) is 23.1 Å². The van der Waals surface area contributed by atoms with E-state index in [2.05, 4.69) is 201 Å². The van der Waals surface area contributed by atoms with Gasteiger partial charge in [0.05, 0.1) is 6.04 Å². The summed E-state index contributed by atoms with van der Waals surface area (Å²) in [5.74, 6) is 4.62. The number of hydrogen-bond acceptors (Lipinski definition) is 4. The van der Waals surface area contributed by atoms with Crippen LogP contribution in [0.2, 0.25) is 0 Å². The molecule has 3 heterocycles. The van der Waals surface area contributed by atoms with Gasteiger partial charge < -0.3 is 9.64 Å². The summed E-state index contributed by atoms with van der Waals surface area (Å²) in [7, 11) is 0. The van der Waals surface area contributed by atoms with Gasteiger partial charge in [0.2, 0.25) is 0 Å². The van der Waals surface area contributed by atoms with Crippen LogP contribution in [0.3, 0.4) is 0 Å². The van der Waals surface area contributed by atoms with Crippen molar-refractivity contribution in [2.45, 2.75) is 86.3 Å². The van der Waals surface area contributed by atoms with Crippen LogP contribution in [0.5, 0.6) is 0 Å². The number of thioether (sulfide) groups is 1. The molecule has 14 rings (SSSR count). The lowest BCUT2D eigenvalue weighted by Gasteiger charge is -2.40. The van der Waals surface area contributed by atoms with Crippen molar-refractivity contribution in [3.63, 3.8) is 0 Å². The Morgan fingerprint density at radius 2 is 1.60 bits per heavy atom. The predicted octanol–water partition coefficient (Wildman–Crippen LogP) is 16.7. The summed E-state index contributed by atoms with van der Waals surface area (Å²) in [6.45, 7) is 4.89. The highest BCUT2D eigenvalue weighted by Crippen LogP contribution is 2.58. The molecular weight excluding hydrogens is 851 g/mol. The van der Waals surface area contributed by atoms with Crippen molar-refractivity contribution in [1.82, 2.24) is 0 Å².